The van der Waals surface area contributed by atoms with E-state index in [2.05, 4.69) is 0 Å². The van der Waals surface area contributed by atoms with Crippen LogP contribution in [-0.4, -0.2) is 46.0 Å². The molecule has 1 aromatic rings. The number of hydrogen-bond donors (Lipinski definition) is 1. The van der Waals surface area contributed by atoms with Gasteiger partial charge in [-0.25, -0.2) is 9.59 Å². The van der Waals surface area contributed by atoms with Gasteiger partial charge in [0.25, 0.3) is 0 Å². The Balaban J connectivity index is 2.32. The van der Waals surface area contributed by atoms with Gasteiger partial charge in [-0.2, -0.15) is 0 Å². The van der Waals surface area contributed by atoms with Crippen LogP contribution in [0.5, 0.6) is 0 Å². The second kappa shape index (κ2) is 5.83. The first kappa shape index (κ1) is 14.8. The molecule has 1 aliphatic heterocycles. The lowest BCUT2D eigenvalue weighted by molar-refractivity contribution is -0.143. The third-order valence-corrected chi connectivity index (χ3v) is 4.65. The lowest BCUT2D eigenvalue weighted by Crippen LogP contribution is -2.51. The largest absolute Gasteiger partial charge is 0.479 e. The van der Waals surface area contributed by atoms with E-state index in [1.165, 1.54) is 4.90 Å². The Labute approximate surface area is 122 Å². The molecule has 1 aliphatic rings. The number of rotatable bonds is 3. The Hall–Kier alpha value is -1.56. The van der Waals surface area contributed by atoms with Crippen LogP contribution in [0, 0.1) is 0 Å². The van der Waals surface area contributed by atoms with Crippen molar-refractivity contribution in [3.8, 4) is 0 Å². The summed E-state index contributed by atoms with van der Waals surface area (Å²) in [5.74, 6) is -0.961. The molecular weight excluding hydrogens is 276 g/mol. The first-order chi connectivity index (χ1) is 9.47. The van der Waals surface area contributed by atoms with Crippen LogP contribution in [0.25, 0.3) is 0 Å². The Kier molecular flexibility index (Phi) is 4.32. The van der Waals surface area contributed by atoms with Gasteiger partial charge in [0, 0.05) is 24.0 Å². The van der Waals surface area contributed by atoms with Gasteiger partial charge in [0.05, 0.1) is 0 Å². The lowest BCUT2D eigenvalue weighted by atomic mass is 10.0. The molecule has 0 fully saturated rings. The summed E-state index contributed by atoms with van der Waals surface area (Å²) >= 11 is 1.57. The number of amides is 2. The molecule has 0 saturated heterocycles. The molecule has 20 heavy (non-hydrogen) atoms. The van der Waals surface area contributed by atoms with Gasteiger partial charge in [0.15, 0.2) is 6.04 Å². The molecule has 0 aliphatic carbocycles. The van der Waals surface area contributed by atoms with Crippen molar-refractivity contribution in [2.45, 2.75) is 39.3 Å². The highest BCUT2D eigenvalue weighted by atomic mass is 32.1. The van der Waals surface area contributed by atoms with E-state index in [0.717, 1.165) is 16.9 Å². The zero-order chi connectivity index (χ0) is 14.9. The van der Waals surface area contributed by atoms with Crippen LogP contribution in [0.2, 0.25) is 0 Å². The van der Waals surface area contributed by atoms with E-state index < -0.39 is 12.0 Å². The molecule has 0 bridgehead atoms. The van der Waals surface area contributed by atoms with E-state index in [1.54, 1.807) is 16.2 Å². The third-order valence-electron chi connectivity index (χ3n) is 3.66. The van der Waals surface area contributed by atoms with E-state index in [4.69, 9.17) is 0 Å². The molecule has 2 rings (SSSR count). The molecule has 0 aromatic carbocycles. The van der Waals surface area contributed by atoms with Gasteiger partial charge in [-0.15, -0.1) is 11.3 Å². The van der Waals surface area contributed by atoms with E-state index in [0.29, 0.717) is 13.1 Å². The van der Waals surface area contributed by atoms with Crippen LogP contribution in [0.3, 0.4) is 0 Å². The maximum Gasteiger partial charge on any atom is 0.331 e. The number of thiophene rings is 1. The molecule has 1 N–H and O–H groups in total. The molecular formula is C14H20N2O3S. The average Bonchev–Trinajstić information content (AvgIpc) is 2.85. The van der Waals surface area contributed by atoms with Crippen LogP contribution in [0.15, 0.2) is 11.4 Å². The highest BCUT2D eigenvalue weighted by molar-refractivity contribution is 7.10. The molecule has 6 heteroatoms. The summed E-state index contributed by atoms with van der Waals surface area (Å²) < 4.78 is 0. The Morgan fingerprint density at radius 1 is 1.55 bits per heavy atom. The summed E-state index contributed by atoms with van der Waals surface area (Å²) in [6.45, 7) is 6.84. The van der Waals surface area contributed by atoms with E-state index in [1.807, 2.05) is 32.2 Å². The predicted molar refractivity (Wildman–Crippen MR) is 78.0 cm³/mol. The van der Waals surface area contributed by atoms with Crippen LogP contribution >= 0.6 is 11.3 Å². The Morgan fingerprint density at radius 2 is 2.25 bits per heavy atom. The normalized spacial score (nSPS) is 18.0. The van der Waals surface area contributed by atoms with Gasteiger partial charge in [0.1, 0.15) is 0 Å². The van der Waals surface area contributed by atoms with Crippen molar-refractivity contribution in [3.05, 3.63) is 21.9 Å². The van der Waals surface area contributed by atoms with Crippen molar-refractivity contribution >= 4 is 23.3 Å². The Bertz CT molecular complexity index is 512. The highest BCUT2D eigenvalue weighted by Crippen LogP contribution is 2.34. The summed E-state index contributed by atoms with van der Waals surface area (Å²) in [6.07, 6.45) is 0.734. The molecule has 1 unspecified atom stereocenters. The van der Waals surface area contributed by atoms with E-state index >= 15 is 0 Å². The van der Waals surface area contributed by atoms with E-state index in [9.17, 15) is 14.7 Å². The molecule has 0 saturated carbocycles. The van der Waals surface area contributed by atoms with Gasteiger partial charge in [-0.3, -0.25) is 0 Å². The topological polar surface area (TPSA) is 60.9 Å². The summed E-state index contributed by atoms with van der Waals surface area (Å²) in [4.78, 5) is 28.5. The fourth-order valence-corrected chi connectivity index (χ4v) is 3.58. The van der Waals surface area contributed by atoms with Crippen LogP contribution in [0.1, 0.15) is 37.3 Å². The number of nitrogens with zero attached hydrogens (tertiary/aromatic N) is 2. The Morgan fingerprint density at radius 3 is 2.80 bits per heavy atom. The third kappa shape index (κ3) is 2.52. The fourth-order valence-electron chi connectivity index (χ4n) is 2.68. The average molecular weight is 296 g/mol. The number of carbonyl (C=O) groups excluding carboxylic acids is 1. The zero-order valence-electron chi connectivity index (χ0n) is 12.0. The van der Waals surface area contributed by atoms with Gasteiger partial charge < -0.3 is 14.9 Å². The molecule has 0 spiro atoms. The molecule has 2 heterocycles. The SMILES string of the molecule is CCN(C(=O)N1CCc2sccc2C1C(=O)O)C(C)C. The van der Waals surface area contributed by atoms with Gasteiger partial charge in [0.2, 0.25) is 0 Å². The van der Waals surface area contributed by atoms with Crippen molar-refractivity contribution in [3.63, 3.8) is 0 Å². The number of fused-ring (bicyclic) bond motifs is 1. The molecule has 0 radical (unpaired) electrons. The lowest BCUT2D eigenvalue weighted by Gasteiger charge is -2.38. The fraction of sp³-hybridized carbons (Fsp3) is 0.571. The minimum absolute atomic E-state index is 0.0609. The maximum atomic E-state index is 12.6. The van der Waals surface area contributed by atoms with Gasteiger partial charge in [-0.05, 0) is 44.2 Å². The summed E-state index contributed by atoms with van der Waals surface area (Å²) in [5, 5.41) is 11.4. The number of hydrogen-bond acceptors (Lipinski definition) is 3. The number of carbonyl (C=O) groups is 2. The van der Waals surface area contributed by atoms with Crippen molar-refractivity contribution in [1.29, 1.82) is 0 Å². The standard InChI is InChI=1S/C14H20N2O3S/c1-4-15(9(2)3)14(19)16-7-5-11-10(6-8-20-11)12(16)13(17)18/h6,8-9,12H,4-5,7H2,1-3H3,(H,17,18). The van der Waals surface area contributed by atoms with E-state index in [-0.39, 0.29) is 12.1 Å². The highest BCUT2D eigenvalue weighted by Gasteiger charge is 2.38. The van der Waals surface area contributed by atoms with Crippen molar-refractivity contribution in [1.82, 2.24) is 9.80 Å². The quantitative estimate of drug-likeness (QED) is 0.932. The first-order valence-electron chi connectivity index (χ1n) is 6.83. The second-order valence-corrected chi connectivity index (χ2v) is 6.15. The minimum atomic E-state index is -0.961. The van der Waals surface area contributed by atoms with Crippen LogP contribution < -0.4 is 0 Å². The van der Waals surface area contributed by atoms with Crippen LogP contribution in [-0.2, 0) is 11.2 Å². The number of aliphatic carboxylic acids is 1. The van der Waals surface area contributed by atoms with Gasteiger partial charge in [-0.1, -0.05) is 0 Å². The van der Waals surface area contributed by atoms with Crippen LogP contribution in [0.4, 0.5) is 4.79 Å². The molecule has 1 aromatic heterocycles. The smallest absolute Gasteiger partial charge is 0.331 e. The monoisotopic (exact) mass is 296 g/mol. The van der Waals surface area contributed by atoms with Crippen molar-refractivity contribution < 1.29 is 14.7 Å². The molecule has 1 atom stereocenters. The molecule has 5 nitrogen and oxygen atoms in total. The van der Waals surface area contributed by atoms with Crippen molar-refractivity contribution in [2.75, 3.05) is 13.1 Å². The summed E-state index contributed by atoms with van der Waals surface area (Å²) in [6, 6.07) is 0.840. The number of carboxylic acids is 1. The summed E-state index contributed by atoms with van der Waals surface area (Å²) in [7, 11) is 0. The zero-order valence-corrected chi connectivity index (χ0v) is 12.8. The molecule has 110 valence electrons. The van der Waals surface area contributed by atoms with Crippen molar-refractivity contribution in [2.24, 2.45) is 0 Å². The number of carboxylic acid groups (broad SMARTS) is 1. The minimum Gasteiger partial charge on any atom is -0.479 e. The number of urea groups is 1. The van der Waals surface area contributed by atoms with Gasteiger partial charge >= 0.3 is 12.0 Å². The predicted octanol–water partition coefficient (Wildman–Crippen LogP) is 2.58. The first-order valence-corrected chi connectivity index (χ1v) is 7.71. The molecule has 2 amide bonds. The maximum absolute atomic E-state index is 12.6. The summed E-state index contributed by atoms with van der Waals surface area (Å²) in [5.41, 5.74) is 0.766. The second-order valence-electron chi connectivity index (χ2n) is 5.15.